The molecule has 0 aliphatic carbocycles. The molecule has 112 valence electrons. The van der Waals surface area contributed by atoms with Crippen LogP contribution in [0.5, 0.6) is 0 Å². The van der Waals surface area contributed by atoms with Crippen molar-refractivity contribution in [1.29, 1.82) is 0 Å². The predicted molar refractivity (Wildman–Crippen MR) is 91.9 cm³/mol. The minimum atomic E-state index is -2.23. The van der Waals surface area contributed by atoms with Gasteiger partial charge in [-0.15, -0.1) is 0 Å². The maximum Gasteiger partial charge on any atom is 0.0705 e. The molecule has 0 N–H and O–H groups in total. The quantitative estimate of drug-likeness (QED) is 0.681. The molecule has 0 fully saturated rings. The van der Waals surface area contributed by atoms with Gasteiger partial charge in [-0.05, 0) is 59.4 Å². The molecule has 1 nitrogen and oxygen atoms in total. The first kappa shape index (κ1) is 9.40. The van der Waals surface area contributed by atoms with Crippen molar-refractivity contribution in [2.45, 2.75) is 59.7 Å². The van der Waals surface area contributed by atoms with Crippen LogP contribution in [0.15, 0.2) is 30.5 Å². The highest BCUT2D eigenvalue weighted by molar-refractivity contribution is 5.63. The van der Waals surface area contributed by atoms with E-state index in [1.807, 2.05) is 46.8 Å². The molecule has 0 radical (unpaired) electrons. The molecule has 0 atom stereocenters. The SMILES string of the molecule is [2H]C([2H])([2H])c1ccc(-c2cc(C(C)(C)C)c(C([2H])([2H])[2H])cn2)cc1C(C)C. The van der Waals surface area contributed by atoms with Crippen LogP contribution < -0.4 is 0 Å². The predicted octanol–water partition coefficient (Wildman–Crippen LogP) is 5.79. The molecule has 21 heavy (non-hydrogen) atoms. The van der Waals surface area contributed by atoms with Gasteiger partial charge < -0.3 is 0 Å². The summed E-state index contributed by atoms with van der Waals surface area (Å²) in [5.74, 6) is 0.0455. The molecular formula is C20H27N. The summed E-state index contributed by atoms with van der Waals surface area (Å²) in [4.78, 5) is 4.38. The number of rotatable bonds is 2. The maximum absolute atomic E-state index is 7.79. The molecule has 1 heterocycles. The molecule has 1 aromatic heterocycles. The van der Waals surface area contributed by atoms with E-state index in [-0.39, 0.29) is 16.9 Å². The van der Waals surface area contributed by atoms with E-state index < -0.39 is 13.7 Å². The van der Waals surface area contributed by atoms with Crippen molar-refractivity contribution in [1.82, 2.24) is 4.98 Å². The zero-order valence-electron chi connectivity index (χ0n) is 19.4. The Morgan fingerprint density at radius 1 is 1.05 bits per heavy atom. The van der Waals surface area contributed by atoms with Gasteiger partial charge in [0.2, 0.25) is 0 Å². The van der Waals surface area contributed by atoms with Gasteiger partial charge in [0, 0.05) is 20.0 Å². The van der Waals surface area contributed by atoms with Crippen LogP contribution in [0, 0.1) is 13.7 Å². The van der Waals surface area contributed by atoms with Gasteiger partial charge in [-0.1, -0.05) is 46.8 Å². The fraction of sp³-hybridized carbons (Fsp3) is 0.450. The number of hydrogen-bond acceptors (Lipinski definition) is 1. The minimum absolute atomic E-state index is 0.0455. The zero-order valence-corrected chi connectivity index (χ0v) is 13.4. The summed E-state index contributed by atoms with van der Waals surface area (Å²) in [6.07, 6.45) is 1.43. The summed E-state index contributed by atoms with van der Waals surface area (Å²) in [6, 6.07) is 7.05. The Labute approximate surface area is 137 Å². The summed E-state index contributed by atoms with van der Waals surface area (Å²) in [7, 11) is 0. The van der Waals surface area contributed by atoms with Gasteiger partial charge in [-0.25, -0.2) is 0 Å². The van der Waals surface area contributed by atoms with Gasteiger partial charge in [0.1, 0.15) is 0 Å². The van der Waals surface area contributed by atoms with E-state index in [1.54, 1.807) is 12.1 Å². The van der Waals surface area contributed by atoms with Crippen LogP contribution >= 0.6 is 0 Å². The van der Waals surface area contributed by atoms with Crippen molar-refractivity contribution < 1.29 is 8.22 Å². The van der Waals surface area contributed by atoms with Gasteiger partial charge in [0.25, 0.3) is 0 Å². The number of aryl methyl sites for hydroxylation is 2. The lowest BCUT2D eigenvalue weighted by Gasteiger charge is -2.22. The summed E-state index contributed by atoms with van der Waals surface area (Å²) in [5.41, 5.74) is 3.14. The molecule has 2 aromatic rings. The first-order valence-electron chi connectivity index (χ1n) is 10.3. The van der Waals surface area contributed by atoms with Crippen molar-refractivity contribution >= 4 is 0 Å². The van der Waals surface area contributed by atoms with Crippen LogP contribution in [0.3, 0.4) is 0 Å². The fourth-order valence-electron chi connectivity index (χ4n) is 2.43. The van der Waals surface area contributed by atoms with Gasteiger partial charge >= 0.3 is 0 Å². The van der Waals surface area contributed by atoms with Gasteiger partial charge in [-0.3, -0.25) is 4.98 Å². The normalized spacial score (nSPS) is 17.4. The lowest BCUT2D eigenvalue weighted by molar-refractivity contribution is 0.585. The largest absolute Gasteiger partial charge is 0.256 e. The van der Waals surface area contributed by atoms with Crippen molar-refractivity contribution in [3.63, 3.8) is 0 Å². The van der Waals surface area contributed by atoms with Gasteiger partial charge in [0.15, 0.2) is 0 Å². The Bertz CT molecular complexity index is 826. The summed E-state index contributed by atoms with van der Waals surface area (Å²) >= 11 is 0. The number of nitrogens with zero attached hydrogens (tertiary/aromatic N) is 1. The van der Waals surface area contributed by atoms with E-state index in [4.69, 9.17) is 8.22 Å². The molecule has 2 rings (SSSR count). The van der Waals surface area contributed by atoms with E-state index in [9.17, 15) is 0 Å². The molecule has 0 bridgehead atoms. The third-order valence-corrected chi connectivity index (χ3v) is 3.68. The van der Waals surface area contributed by atoms with Crippen LogP contribution in [0.25, 0.3) is 11.3 Å². The summed E-state index contributed by atoms with van der Waals surface area (Å²) in [5, 5.41) is 0. The Hall–Kier alpha value is -1.63. The highest BCUT2D eigenvalue weighted by Crippen LogP contribution is 2.30. The Morgan fingerprint density at radius 3 is 2.33 bits per heavy atom. The van der Waals surface area contributed by atoms with E-state index in [0.29, 0.717) is 11.3 Å². The molecule has 0 saturated heterocycles. The Kier molecular flexibility index (Phi) is 2.52. The second-order valence-electron chi connectivity index (χ2n) is 6.82. The van der Waals surface area contributed by atoms with Crippen molar-refractivity contribution in [2.75, 3.05) is 0 Å². The zero-order chi connectivity index (χ0) is 20.8. The average molecular weight is 287 g/mol. The molecule has 0 unspecified atom stereocenters. The van der Waals surface area contributed by atoms with E-state index in [2.05, 4.69) is 4.98 Å². The number of pyridine rings is 1. The first-order chi connectivity index (χ1) is 12.1. The van der Waals surface area contributed by atoms with Crippen LogP contribution in [0.1, 0.15) is 71.0 Å². The topological polar surface area (TPSA) is 12.9 Å². The van der Waals surface area contributed by atoms with Crippen LogP contribution in [-0.2, 0) is 5.41 Å². The molecule has 0 saturated carbocycles. The van der Waals surface area contributed by atoms with Crippen LogP contribution in [-0.4, -0.2) is 4.98 Å². The lowest BCUT2D eigenvalue weighted by Crippen LogP contribution is -2.13. The second-order valence-corrected chi connectivity index (χ2v) is 6.82. The molecular weight excluding hydrogens is 254 g/mol. The summed E-state index contributed by atoms with van der Waals surface area (Å²) in [6.45, 7) is 5.42. The second kappa shape index (κ2) is 5.63. The highest BCUT2D eigenvalue weighted by Gasteiger charge is 2.18. The number of benzene rings is 1. The monoisotopic (exact) mass is 287 g/mol. The van der Waals surface area contributed by atoms with Crippen molar-refractivity contribution in [3.8, 4) is 11.3 Å². The molecule has 1 aromatic carbocycles. The Morgan fingerprint density at radius 2 is 1.76 bits per heavy atom. The van der Waals surface area contributed by atoms with E-state index in [0.717, 1.165) is 16.7 Å². The van der Waals surface area contributed by atoms with Crippen molar-refractivity contribution in [3.05, 3.63) is 52.7 Å². The molecule has 0 aliphatic heterocycles. The average Bonchev–Trinajstić information content (AvgIpc) is 2.51. The van der Waals surface area contributed by atoms with Crippen molar-refractivity contribution in [2.24, 2.45) is 0 Å². The van der Waals surface area contributed by atoms with E-state index in [1.165, 1.54) is 6.20 Å². The maximum atomic E-state index is 7.79. The Balaban J connectivity index is 2.67. The fourth-order valence-corrected chi connectivity index (χ4v) is 2.43. The lowest BCUT2D eigenvalue weighted by atomic mass is 9.84. The van der Waals surface area contributed by atoms with Gasteiger partial charge in [0.05, 0.1) is 5.69 Å². The molecule has 0 amide bonds. The van der Waals surface area contributed by atoms with Crippen LogP contribution in [0.2, 0.25) is 0 Å². The third kappa shape index (κ3) is 3.34. The minimum Gasteiger partial charge on any atom is -0.256 e. The number of hydrogen-bond donors (Lipinski definition) is 0. The van der Waals surface area contributed by atoms with E-state index >= 15 is 0 Å². The molecule has 1 heteroatoms. The highest BCUT2D eigenvalue weighted by atomic mass is 14.7. The van der Waals surface area contributed by atoms with Crippen LogP contribution in [0.4, 0.5) is 0 Å². The number of aromatic nitrogens is 1. The smallest absolute Gasteiger partial charge is 0.0705 e. The summed E-state index contributed by atoms with van der Waals surface area (Å²) < 4.78 is 46.6. The molecule has 0 aliphatic rings. The van der Waals surface area contributed by atoms with Gasteiger partial charge in [-0.2, -0.15) is 0 Å². The molecule has 0 spiro atoms. The standard InChI is InChI=1S/C20H27N/c1-13(2)17-10-16(9-8-14(17)3)19-11-18(20(5,6)7)15(4)12-21-19/h8-13H,1-7H3/i3D3,4D3. The third-order valence-electron chi connectivity index (χ3n) is 3.68. The first-order valence-corrected chi connectivity index (χ1v) is 7.28.